The fraction of sp³-hybridized carbons (Fsp3) is 0.937. The van der Waals surface area contributed by atoms with E-state index < -0.39 is 97.5 Å². The van der Waals surface area contributed by atoms with Gasteiger partial charge in [0.1, 0.15) is 19.3 Å². The smallest absolute Gasteiger partial charge is 0.462 e. The lowest BCUT2D eigenvalue weighted by Crippen LogP contribution is -2.30. The van der Waals surface area contributed by atoms with Crippen LogP contribution in [0.4, 0.5) is 0 Å². The Labute approximate surface area is 498 Å². The van der Waals surface area contributed by atoms with Crippen LogP contribution in [-0.2, 0) is 65.4 Å². The van der Waals surface area contributed by atoms with Crippen LogP contribution in [0.15, 0.2) is 0 Å². The summed E-state index contributed by atoms with van der Waals surface area (Å²) in [6, 6.07) is 0. The van der Waals surface area contributed by atoms with Gasteiger partial charge in [0.2, 0.25) is 0 Å². The molecule has 0 aliphatic heterocycles. The summed E-state index contributed by atoms with van der Waals surface area (Å²) in [5.74, 6) is 0.750. The molecule has 3 N–H and O–H groups in total. The molecule has 0 aromatic heterocycles. The zero-order valence-electron chi connectivity index (χ0n) is 53.1. The average molecular weight is 1210 g/mol. The number of rotatable bonds is 60. The molecule has 0 fully saturated rings. The molecule has 0 saturated heterocycles. The number of aliphatic hydroxyl groups excluding tert-OH is 1. The summed E-state index contributed by atoms with van der Waals surface area (Å²) in [5, 5.41) is 10.5. The van der Waals surface area contributed by atoms with Gasteiger partial charge < -0.3 is 33.8 Å². The molecule has 0 aliphatic carbocycles. The number of carbonyl (C=O) groups is 4. The Morgan fingerprint density at radius 1 is 0.341 bits per heavy atom. The number of phosphoric acid groups is 2. The maximum Gasteiger partial charge on any atom is 0.472 e. The van der Waals surface area contributed by atoms with Crippen LogP contribution in [0.5, 0.6) is 0 Å². The normalized spacial score (nSPS) is 15.1. The number of hydrogen-bond donors (Lipinski definition) is 3. The molecule has 0 rings (SSSR count). The van der Waals surface area contributed by atoms with Crippen molar-refractivity contribution in [3.63, 3.8) is 0 Å². The van der Waals surface area contributed by atoms with Gasteiger partial charge in [-0.05, 0) is 49.4 Å². The maximum absolute atomic E-state index is 13.0. The van der Waals surface area contributed by atoms with Gasteiger partial charge in [0.25, 0.3) is 0 Å². The largest absolute Gasteiger partial charge is 0.472 e. The average Bonchev–Trinajstić information content (AvgIpc) is 3.44. The quantitative estimate of drug-likeness (QED) is 0.0222. The lowest BCUT2D eigenvalue weighted by atomic mass is 9.99. The predicted molar refractivity (Wildman–Crippen MR) is 326 cm³/mol. The van der Waals surface area contributed by atoms with Crippen molar-refractivity contribution in [1.29, 1.82) is 0 Å². The monoisotopic (exact) mass is 1210 g/mol. The Kier molecular flexibility index (Phi) is 52.0. The molecular formula is C63H122O17P2. The standard InChI is InChI=1S/C63H122O17P2/c1-9-55(7)41-33-25-16-12-14-17-27-35-43-60(65)73-49-58(79-62(67)45-37-29-18-13-11-15-23-31-39-53(3)4)51-77-81(69,70)75-47-57(64)48-76-82(71,72)78-52-59(50-74-61(66)44-36-28-21-19-24-32-40-54(5)6)80-63(68)46-38-30-22-20-26-34-42-56(8)10-2/h53-59,64H,9-52H2,1-8H3,(H,69,70)(H,71,72)/t55?,56?,57-,58-,59-/m1/s1. The van der Waals surface area contributed by atoms with Crippen LogP contribution in [0, 0.1) is 23.7 Å². The Balaban J connectivity index is 5.26. The van der Waals surface area contributed by atoms with Crippen molar-refractivity contribution < 1.29 is 80.2 Å². The minimum Gasteiger partial charge on any atom is -0.462 e. The number of esters is 4. The lowest BCUT2D eigenvalue weighted by Gasteiger charge is -2.21. The Bertz CT molecular complexity index is 1650. The first kappa shape index (κ1) is 80.1. The van der Waals surface area contributed by atoms with E-state index in [2.05, 4.69) is 55.4 Å². The van der Waals surface area contributed by atoms with Crippen molar-refractivity contribution in [2.75, 3.05) is 39.6 Å². The highest BCUT2D eigenvalue weighted by atomic mass is 31.2. The molecule has 0 aromatic rings. The van der Waals surface area contributed by atoms with Crippen LogP contribution in [0.1, 0.15) is 299 Å². The maximum atomic E-state index is 13.0. The summed E-state index contributed by atoms with van der Waals surface area (Å²) >= 11 is 0. The molecule has 0 saturated carbocycles. The molecule has 82 heavy (non-hydrogen) atoms. The van der Waals surface area contributed by atoms with E-state index in [0.717, 1.165) is 114 Å². The van der Waals surface area contributed by atoms with E-state index in [1.165, 1.54) is 96.3 Å². The molecule has 486 valence electrons. The predicted octanol–water partition coefficient (Wildman–Crippen LogP) is 17.0. The van der Waals surface area contributed by atoms with Crippen molar-refractivity contribution >= 4 is 39.5 Å². The van der Waals surface area contributed by atoms with Gasteiger partial charge in [-0.25, -0.2) is 9.13 Å². The highest BCUT2D eigenvalue weighted by molar-refractivity contribution is 7.47. The molecule has 0 heterocycles. The molecule has 17 nitrogen and oxygen atoms in total. The third kappa shape index (κ3) is 54.7. The number of aliphatic hydroxyl groups is 1. The van der Waals surface area contributed by atoms with E-state index in [9.17, 15) is 43.2 Å². The topological polar surface area (TPSA) is 237 Å². The van der Waals surface area contributed by atoms with Crippen molar-refractivity contribution in [3.8, 4) is 0 Å². The Morgan fingerprint density at radius 2 is 0.585 bits per heavy atom. The van der Waals surface area contributed by atoms with E-state index in [0.29, 0.717) is 31.6 Å². The number of ether oxygens (including phenoxy) is 4. The van der Waals surface area contributed by atoms with Crippen molar-refractivity contribution in [1.82, 2.24) is 0 Å². The zero-order valence-corrected chi connectivity index (χ0v) is 54.9. The van der Waals surface area contributed by atoms with Gasteiger partial charge in [0.15, 0.2) is 12.2 Å². The lowest BCUT2D eigenvalue weighted by molar-refractivity contribution is -0.161. The number of unbranched alkanes of at least 4 members (excludes halogenated alkanes) is 24. The first-order valence-corrected chi connectivity index (χ1v) is 35.8. The zero-order chi connectivity index (χ0) is 61.1. The van der Waals surface area contributed by atoms with Crippen LogP contribution < -0.4 is 0 Å². The molecule has 7 atom stereocenters. The Hall–Kier alpha value is -1.94. The minimum atomic E-state index is -4.94. The SMILES string of the molecule is CCC(C)CCCCCCCCCCC(=O)OC[C@H](COP(=O)(O)OC[C@@H](O)COP(=O)(O)OC[C@@H](COC(=O)CCCCCCCCC(C)C)OC(=O)CCCCCCCCC(C)CC)OC(=O)CCCCCCCCCCC(C)C. The molecule has 19 heteroatoms. The molecular weight excluding hydrogens is 1090 g/mol. The number of carbonyl (C=O) groups excluding carboxylic acids is 4. The molecule has 4 unspecified atom stereocenters. The van der Waals surface area contributed by atoms with E-state index in [1.54, 1.807) is 0 Å². The van der Waals surface area contributed by atoms with Crippen LogP contribution in [0.2, 0.25) is 0 Å². The van der Waals surface area contributed by atoms with Crippen molar-refractivity contribution in [2.24, 2.45) is 23.7 Å². The number of hydrogen-bond acceptors (Lipinski definition) is 15. The highest BCUT2D eigenvalue weighted by Crippen LogP contribution is 2.45. The second kappa shape index (κ2) is 53.3. The Morgan fingerprint density at radius 3 is 0.866 bits per heavy atom. The second-order valence-electron chi connectivity index (χ2n) is 24.2. The van der Waals surface area contributed by atoms with E-state index >= 15 is 0 Å². The van der Waals surface area contributed by atoms with E-state index in [4.69, 9.17) is 37.0 Å². The van der Waals surface area contributed by atoms with Crippen LogP contribution in [0.25, 0.3) is 0 Å². The van der Waals surface area contributed by atoms with E-state index in [1.807, 2.05) is 0 Å². The van der Waals surface area contributed by atoms with Gasteiger partial charge in [-0.3, -0.25) is 37.3 Å². The summed E-state index contributed by atoms with van der Waals surface area (Å²) in [7, 11) is -9.89. The summed E-state index contributed by atoms with van der Waals surface area (Å²) in [6.07, 6.45) is 32.3. The van der Waals surface area contributed by atoms with Gasteiger partial charge in [0.05, 0.1) is 26.4 Å². The summed E-state index contributed by atoms with van der Waals surface area (Å²) in [4.78, 5) is 72.1. The second-order valence-corrected chi connectivity index (χ2v) is 27.1. The molecule has 0 aliphatic rings. The van der Waals surface area contributed by atoms with Crippen molar-refractivity contribution in [2.45, 2.75) is 318 Å². The summed E-state index contributed by atoms with van der Waals surface area (Å²) in [6.45, 7) is 13.9. The fourth-order valence-electron chi connectivity index (χ4n) is 9.19. The highest BCUT2D eigenvalue weighted by Gasteiger charge is 2.30. The van der Waals surface area contributed by atoms with Gasteiger partial charge >= 0.3 is 39.5 Å². The van der Waals surface area contributed by atoms with Crippen LogP contribution in [0.3, 0.4) is 0 Å². The molecule has 0 bridgehead atoms. The third-order valence-corrected chi connectivity index (χ3v) is 16.9. The van der Waals surface area contributed by atoms with Gasteiger partial charge in [-0.2, -0.15) is 0 Å². The van der Waals surface area contributed by atoms with Gasteiger partial charge in [-0.1, -0.05) is 248 Å². The van der Waals surface area contributed by atoms with Crippen LogP contribution >= 0.6 is 15.6 Å². The van der Waals surface area contributed by atoms with Crippen LogP contribution in [-0.4, -0.2) is 96.7 Å². The molecule has 0 radical (unpaired) electrons. The fourth-order valence-corrected chi connectivity index (χ4v) is 10.8. The third-order valence-electron chi connectivity index (χ3n) is 15.0. The molecule has 0 spiro atoms. The summed E-state index contributed by atoms with van der Waals surface area (Å²) in [5.41, 5.74) is 0. The van der Waals surface area contributed by atoms with Crippen molar-refractivity contribution in [3.05, 3.63) is 0 Å². The number of phosphoric ester groups is 2. The van der Waals surface area contributed by atoms with Gasteiger partial charge in [-0.15, -0.1) is 0 Å². The minimum absolute atomic E-state index is 0.101. The molecule has 0 amide bonds. The summed E-state index contributed by atoms with van der Waals surface area (Å²) < 4.78 is 67.9. The van der Waals surface area contributed by atoms with E-state index in [-0.39, 0.29) is 25.7 Å². The first-order chi connectivity index (χ1) is 39.2. The van der Waals surface area contributed by atoms with Gasteiger partial charge in [0, 0.05) is 25.7 Å². The first-order valence-electron chi connectivity index (χ1n) is 32.8. The molecule has 0 aromatic carbocycles.